The summed E-state index contributed by atoms with van der Waals surface area (Å²) in [5.41, 5.74) is 1.72. The van der Waals surface area contributed by atoms with Crippen molar-refractivity contribution in [1.29, 1.82) is 0 Å². The van der Waals surface area contributed by atoms with E-state index in [4.69, 9.17) is 0 Å². The number of anilines is 2. The van der Waals surface area contributed by atoms with E-state index in [1.807, 2.05) is 57.2 Å². The SMILES string of the molecule is CC[C@H](C)[C@H](CO)N1C(=O)[C@H]2[C@H](C=C[C@@H](C)[C@H]2C(=O)NC)[C@H]1C(=O)Nc1ccc(N(CC)CC)cc1. The zero-order valence-corrected chi connectivity index (χ0v) is 22.4. The number of carbonyl (C=O) groups excluding carboxylic acids is 3. The third kappa shape index (κ3) is 5.14. The smallest absolute Gasteiger partial charge is 0.247 e. The topological polar surface area (TPSA) is 102 Å². The second-order valence-electron chi connectivity index (χ2n) is 10.0. The number of fused-ring (bicyclic) bond motifs is 1. The van der Waals surface area contributed by atoms with Crippen molar-refractivity contribution in [2.45, 2.75) is 53.1 Å². The van der Waals surface area contributed by atoms with Crippen molar-refractivity contribution in [1.82, 2.24) is 10.2 Å². The highest BCUT2D eigenvalue weighted by molar-refractivity contribution is 6.02. The monoisotopic (exact) mass is 498 g/mol. The number of allylic oxidation sites excluding steroid dienone is 1. The zero-order valence-electron chi connectivity index (χ0n) is 22.4. The van der Waals surface area contributed by atoms with E-state index in [9.17, 15) is 19.5 Å². The Hall–Kier alpha value is -2.87. The van der Waals surface area contributed by atoms with Gasteiger partial charge in [0.2, 0.25) is 17.7 Å². The Morgan fingerprint density at radius 1 is 1.08 bits per heavy atom. The van der Waals surface area contributed by atoms with Crippen LogP contribution in [0.3, 0.4) is 0 Å². The maximum atomic E-state index is 13.9. The summed E-state index contributed by atoms with van der Waals surface area (Å²) >= 11 is 0. The molecule has 3 amide bonds. The molecule has 3 N–H and O–H groups in total. The Kier molecular flexibility index (Phi) is 9.17. The zero-order chi connectivity index (χ0) is 26.6. The van der Waals surface area contributed by atoms with Gasteiger partial charge in [0, 0.05) is 37.4 Å². The first-order chi connectivity index (χ1) is 17.2. The Bertz CT molecular complexity index is 959. The number of aliphatic hydroxyl groups is 1. The molecule has 0 aromatic heterocycles. The maximum absolute atomic E-state index is 13.9. The lowest BCUT2D eigenvalue weighted by atomic mass is 9.70. The third-order valence-electron chi connectivity index (χ3n) is 8.14. The largest absolute Gasteiger partial charge is 0.394 e. The first-order valence-corrected chi connectivity index (χ1v) is 13.2. The van der Waals surface area contributed by atoms with Crippen LogP contribution in [-0.4, -0.2) is 66.6 Å². The number of rotatable bonds is 10. The average molecular weight is 499 g/mol. The van der Waals surface area contributed by atoms with Gasteiger partial charge in [0.05, 0.1) is 24.5 Å². The molecule has 2 aliphatic rings. The van der Waals surface area contributed by atoms with Crippen molar-refractivity contribution in [3.63, 3.8) is 0 Å². The summed E-state index contributed by atoms with van der Waals surface area (Å²) in [5.74, 6) is -2.56. The van der Waals surface area contributed by atoms with Gasteiger partial charge in [-0.15, -0.1) is 0 Å². The minimum atomic E-state index is -0.813. The number of nitrogens with zero attached hydrogens (tertiary/aromatic N) is 2. The quantitative estimate of drug-likeness (QED) is 0.431. The van der Waals surface area contributed by atoms with E-state index in [1.54, 1.807) is 11.9 Å². The van der Waals surface area contributed by atoms with Gasteiger partial charge in [-0.05, 0) is 49.9 Å². The molecule has 0 saturated carbocycles. The molecule has 8 heteroatoms. The van der Waals surface area contributed by atoms with Gasteiger partial charge in [0.25, 0.3) is 0 Å². The molecule has 1 aromatic carbocycles. The van der Waals surface area contributed by atoms with E-state index in [2.05, 4.69) is 29.4 Å². The summed E-state index contributed by atoms with van der Waals surface area (Å²) in [6.07, 6.45) is 4.61. The summed E-state index contributed by atoms with van der Waals surface area (Å²) in [4.78, 5) is 44.3. The Morgan fingerprint density at radius 3 is 2.25 bits per heavy atom. The molecule has 0 radical (unpaired) electrons. The van der Waals surface area contributed by atoms with Gasteiger partial charge in [0.15, 0.2) is 0 Å². The van der Waals surface area contributed by atoms with Crippen LogP contribution in [0.2, 0.25) is 0 Å². The molecule has 1 heterocycles. The molecule has 3 rings (SSSR count). The van der Waals surface area contributed by atoms with Gasteiger partial charge in [-0.3, -0.25) is 14.4 Å². The molecule has 1 fully saturated rings. The average Bonchev–Trinajstić information content (AvgIpc) is 3.17. The van der Waals surface area contributed by atoms with E-state index in [1.165, 1.54) is 0 Å². The first-order valence-electron chi connectivity index (χ1n) is 13.2. The lowest BCUT2D eigenvalue weighted by Gasteiger charge is -2.36. The van der Waals surface area contributed by atoms with E-state index in [0.29, 0.717) is 5.69 Å². The number of hydrogen-bond acceptors (Lipinski definition) is 5. The van der Waals surface area contributed by atoms with Crippen molar-refractivity contribution >= 4 is 29.1 Å². The van der Waals surface area contributed by atoms with Crippen LogP contribution in [0.1, 0.15) is 41.0 Å². The molecular formula is C28H42N4O4. The fourth-order valence-corrected chi connectivity index (χ4v) is 5.84. The molecule has 198 valence electrons. The number of amides is 3. The molecule has 0 unspecified atom stereocenters. The fourth-order valence-electron chi connectivity index (χ4n) is 5.84. The van der Waals surface area contributed by atoms with Crippen LogP contribution in [0, 0.1) is 29.6 Å². The van der Waals surface area contributed by atoms with Crippen LogP contribution in [0.5, 0.6) is 0 Å². The number of nitrogens with one attached hydrogen (secondary N) is 2. The predicted octanol–water partition coefficient (Wildman–Crippen LogP) is 2.89. The first kappa shape index (κ1) is 27.7. The molecule has 1 aromatic rings. The second-order valence-corrected chi connectivity index (χ2v) is 10.0. The van der Waals surface area contributed by atoms with Crippen LogP contribution in [-0.2, 0) is 14.4 Å². The van der Waals surface area contributed by atoms with Crippen molar-refractivity contribution in [2.75, 3.05) is 37.0 Å². The van der Waals surface area contributed by atoms with Crippen molar-refractivity contribution in [3.8, 4) is 0 Å². The highest BCUT2D eigenvalue weighted by Gasteiger charge is 2.58. The molecule has 0 spiro atoms. The minimum absolute atomic E-state index is 0.0115. The normalized spacial score (nSPS) is 26.8. The van der Waals surface area contributed by atoms with Gasteiger partial charge in [-0.25, -0.2) is 0 Å². The lowest BCUT2D eigenvalue weighted by Crippen LogP contribution is -2.52. The van der Waals surface area contributed by atoms with Crippen molar-refractivity contribution < 1.29 is 19.5 Å². The number of carbonyl (C=O) groups is 3. The van der Waals surface area contributed by atoms with E-state index >= 15 is 0 Å². The number of likely N-dealkylation sites (tertiary alicyclic amines) is 1. The van der Waals surface area contributed by atoms with Gasteiger partial charge in [0.1, 0.15) is 6.04 Å². The summed E-state index contributed by atoms with van der Waals surface area (Å²) < 4.78 is 0. The van der Waals surface area contributed by atoms with Crippen molar-refractivity contribution in [2.24, 2.45) is 29.6 Å². The highest BCUT2D eigenvalue weighted by atomic mass is 16.3. The maximum Gasteiger partial charge on any atom is 0.247 e. The molecular weight excluding hydrogens is 456 g/mol. The molecule has 0 bridgehead atoms. The van der Waals surface area contributed by atoms with Gasteiger partial charge >= 0.3 is 0 Å². The van der Waals surface area contributed by atoms with E-state index in [-0.39, 0.29) is 36.2 Å². The molecule has 1 aliphatic carbocycles. The minimum Gasteiger partial charge on any atom is -0.394 e. The van der Waals surface area contributed by atoms with Gasteiger partial charge in [-0.1, -0.05) is 39.3 Å². The second kappa shape index (κ2) is 11.9. The van der Waals surface area contributed by atoms with Gasteiger partial charge < -0.3 is 25.5 Å². The third-order valence-corrected chi connectivity index (χ3v) is 8.14. The predicted molar refractivity (Wildman–Crippen MR) is 142 cm³/mol. The number of hydrogen-bond donors (Lipinski definition) is 3. The molecule has 1 saturated heterocycles. The summed E-state index contributed by atoms with van der Waals surface area (Å²) in [7, 11) is 1.57. The fraction of sp³-hybridized carbons (Fsp3) is 0.607. The number of aliphatic hydroxyl groups excluding tert-OH is 1. The van der Waals surface area contributed by atoms with Crippen LogP contribution in [0.4, 0.5) is 11.4 Å². The summed E-state index contributed by atoms with van der Waals surface area (Å²) in [6.45, 7) is 11.6. The van der Waals surface area contributed by atoms with Crippen LogP contribution in [0.15, 0.2) is 36.4 Å². The summed E-state index contributed by atoms with van der Waals surface area (Å²) in [5, 5.41) is 16.0. The number of benzene rings is 1. The Morgan fingerprint density at radius 2 is 1.72 bits per heavy atom. The molecule has 7 atom stereocenters. The Labute approximate surface area is 215 Å². The van der Waals surface area contributed by atoms with Crippen LogP contribution in [0.25, 0.3) is 0 Å². The standard InChI is InChI=1S/C28H42N4O4/c1-7-17(4)22(16-33)32-25(21-15-10-18(5)23(26(34)29-6)24(21)28(32)36)27(35)30-19-11-13-20(14-12-19)31(8-2)9-3/h10-15,17-18,21-25,33H,7-9,16H2,1-6H3,(H,29,34)(H,30,35)/t17-,18+,21-,22-,23+,24-,25-/m0/s1. The van der Waals surface area contributed by atoms with Crippen LogP contribution < -0.4 is 15.5 Å². The molecule has 36 heavy (non-hydrogen) atoms. The van der Waals surface area contributed by atoms with Crippen LogP contribution >= 0.6 is 0 Å². The van der Waals surface area contributed by atoms with Crippen molar-refractivity contribution in [3.05, 3.63) is 36.4 Å². The summed E-state index contributed by atoms with van der Waals surface area (Å²) in [6, 6.07) is 6.36. The Balaban J connectivity index is 1.98. The van der Waals surface area contributed by atoms with Gasteiger partial charge in [-0.2, -0.15) is 0 Å². The van der Waals surface area contributed by atoms with E-state index in [0.717, 1.165) is 25.2 Å². The molecule has 8 nitrogen and oxygen atoms in total. The highest BCUT2D eigenvalue weighted by Crippen LogP contribution is 2.45. The van der Waals surface area contributed by atoms with E-state index < -0.39 is 29.8 Å². The molecule has 1 aliphatic heterocycles. The lowest BCUT2D eigenvalue weighted by molar-refractivity contribution is -0.143.